The number of piperidine rings is 1. The molecule has 10 nitrogen and oxygen atoms in total. The van der Waals surface area contributed by atoms with Crippen molar-refractivity contribution in [3.63, 3.8) is 0 Å². The minimum atomic E-state index is -0.738. The second-order valence-corrected chi connectivity index (χ2v) is 13.3. The van der Waals surface area contributed by atoms with Crippen molar-refractivity contribution >= 4 is 23.5 Å². The van der Waals surface area contributed by atoms with Gasteiger partial charge in [0.25, 0.3) is 11.8 Å². The van der Waals surface area contributed by atoms with Gasteiger partial charge in [0.2, 0.25) is 5.91 Å². The summed E-state index contributed by atoms with van der Waals surface area (Å²) >= 11 is 0. The Morgan fingerprint density at radius 3 is 2.46 bits per heavy atom. The third-order valence-electron chi connectivity index (χ3n) is 9.08. The maximum absolute atomic E-state index is 14.3. The van der Waals surface area contributed by atoms with Crippen molar-refractivity contribution in [2.24, 2.45) is 17.3 Å². The molecule has 1 aromatic heterocycles. The molecule has 1 N–H and O–H groups in total. The van der Waals surface area contributed by atoms with E-state index < -0.39 is 12.1 Å². The molecular weight excluding hydrogens is 496 g/mol. The number of hydrogen-bond acceptors (Lipinski definition) is 6. The first-order chi connectivity index (χ1) is 18.6. The van der Waals surface area contributed by atoms with Gasteiger partial charge in [-0.3, -0.25) is 19.3 Å². The van der Waals surface area contributed by atoms with Gasteiger partial charge < -0.3 is 15.0 Å². The lowest BCUT2D eigenvalue weighted by atomic mass is 9.81. The van der Waals surface area contributed by atoms with Gasteiger partial charge in [-0.25, -0.2) is 4.68 Å². The van der Waals surface area contributed by atoms with Gasteiger partial charge in [-0.05, 0) is 62.7 Å². The van der Waals surface area contributed by atoms with E-state index in [0.29, 0.717) is 50.0 Å². The molecule has 3 amide bonds. The fourth-order valence-corrected chi connectivity index (χ4v) is 7.06. The molecule has 2 aliphatic carbocycles. The Bertz CT molecular complexity index is 1220. The Balaban J connectivity index is 1.47. The van der Waals surface area contributed by atoms with Gasteiger partial charge >= 0.3 is 0 Å². The van der Waals surface area contributed by atoms with Crippen LogP contribution in [0.25, 0.3) is 0 Å². The van der Waals surface area contributed by atoms with Crippen molar-refractivity contribution in [1.29, 1.82) is 5.26 Å². The van der Waals surface area contributed by atoms with Crippen molar-refractivity contribution in [3.05, 3.63) is 11.3 Å². The van der Waals surface area contributed by atoms with Gasteiger partial charge in [0.1, 0.15) is 17.9 Å². The Morgan fingerprint density at radius 1 is 1.13 bits per heavy atom. The number of nitriles is 1. The number of ether oxygens (including phenoxy) is 1. The Labute approximate surface area is 230 Å². The quantitative estimate of drug-likeness (QED) is 0.596. The first-order valence-electron chi connectivity index (χ1n) is 14.7. The van der Waals surface area contributed by atoms with E-state index in [4.69, 9.17) is 9.84 Å². The van der Waals surface area contributed by atoms with Crippen LogP contribution < -0.4 is 10.2 Å². The fourth-order valence-electron chi connectivity index (χ4n) is 7.06. The number of anilines is 1. The Kier molecular flexibility index (Phi) is 6.48. The number of nitrogens with zero attached hydrogens (tertiary/aromatic N) is 5. The highest BCUT2D eigenvalue weighted by molar-refractivity contribution is 6.05. The number of amides is 3. The van der Waals surface area contributed by atoms with Crippen LogP contribution in [0.15, 0.2) is 0 Å². The molecule has 3 aliphatic heterocycles. The number of likely N-dealkylation sites (tertiary alicyclic amines) is 1. The van der Waals surface area contributed by atoms with Crippen LogP contribution in [0.2, 0.25) is 0 Å². The number of carbonyl (C=O) groups excluding carboxylic acids is 3. The zero-order valence-electron chi connectivity index (χ0n) is 23.5. The summed E-state index contributed by atoms with van der Waals surface area (Å²) in [6.07, 6.45) is 5.35. The van der Waals surface area contributed by atoms with Crippen molar-refractivity contribution in [3.8, 4) is 6.07 Å². The third kappa shape index (κ3) is 4.62. The molecule has 1 aromatic rings. The predicted octanol–water partition coefficient (Wildman–Crippen LogP) is 3.14. The summed E-state index contributed by atoms with van der Waals surface area (Å²) in [7, 11) is 0. The number of carbonyl (C=O) groups is 3. The van der Waals surface area contributed by atoms with Crippen molar-refractivity contribution in [2.75, 3.05) is 24.7 Å². The Hall–Kier alpha value is -2.93. The molecule has 0 radical (unpaired) electrons. The van der Waals surface area contributed by atoms with Gasteiger partial charge in [-0.15, -0.1) is 0 Å². The van der Waals surface area contributed by atoms with Crippen LogP contribution in [0.3, 0.4) is 0 Å². The summed E-state index contributed by atoms with van der Waals surface area (Å²) in [5.74, 6) is 0.495. The first kappa shape index (κ1) is 26.3. The molecule has 210 valence electrons. The highest BCUT2D eigenvalue weighted by atomic mass is 16.5. The molecule has 4 fully saturated rings. The van der Waals surface area contributed by atoms with Gasteiger partial charge in [0, 0.05) is 43.7 Å². The van der Waals surface area contributed by atoms with E-state index in [9.17, 15) is 19.6 Å². The smallest absolute Gasteiger partial charge is 0.276 e. The highest BCUT2D eigenvalue weighted by Gasteiger charge is 2.57. The van der Waals surface area contributed by atoms with Crippen LogP contribution >= 0.6 is 0 Å². The molecule has 6 rings (SSSR count). The largest absolute Gasteiger partial charge is 0.381 e. The second-order valence-electron chi connectivity index (χ2n) is 13.3. The van der Waals surface area contributed by atoms with Crippen LogP contribution in [0.4, 0.5) is 5.82 Å². The lowest BCUT2D eigenvalue weighted by Crippen LogP contribution is -2.56. The molecule has 2 saturated heterocycles. The van der Waals surface area contributed by atoms with E-state index in [2.05, 4.69) is 11.4 Å². The zero-order chi connectivity index (χ0) is 27.6. The number of rotatable bonds is 6. The first-order valence-corrected chi connectivity index (χ1v) is 14.7. The Morgan fingerprint density at radius 2 is 1.85 bits per heavy atom. The van der Waals surface area contributed by atoms with Crippen molar-refractivity contribution in [1.82, 2.24) is 20.0 Å². The van der Waals surface area contributed by atoms with E-state index in [-0.39, 0.29) is 47.1 Å². The minimum absolute atomic E-state index is 0.0156. The summed E-state index contributed by atoms with van der Waals surface area (Å²) in [6.45, 7) is 9.56. The van der Waals surface area contributed by atoms with E-state index in [0.717, 1.165) is 37.7 Å². The lowest BCUT2D eigenvalue weighted by molar-refractivity contribution is -0.129. The second kappa shape index (κ2) is 9.61. The topological polar surface area (TPSA) is 121 Å². The summed E-state index contributed by atoms with van der Waals surface area (Å²) in [5, 5.41) is 17.9. The standard InChI is InChI=1S/C29H40N6O4/c1-5-33-26-23(22(16-6-7-16)24(27(33)37)31-21(36)14-29(2,3)4)25(32-35(26)18-8-10-39-11-9-18)28(38)34-19(15-30)12-17-13-20(17)34/h16-20,22,24H,5-14H2,1-4H3,(H,31,36)/t17-,19-,20+,22-,24-/m0/s1. The lowest BCUT2D eigenvalue weighted by Gasteiger charge is -2.39. The molecule has 5 atom stereocenters. The molecule has 10 heteroatoms. The molecule has 5 aliphatic rings. The van der Waals surface area contributed by atoms with Crippen LogP contribution in [-0.4, -0.2) is 70.3 Å². The number of fused-ring (bicyclic) bond motifs is 2. The predicted molar refractivity (Wildman–Crippen MR) is 143 cm³/mol. The average molecular weight is 537 g/mol. The van der Waals surface area contributed by atoms with Crippen LogP contribution in [-0.2, 0) is 14.3 Å². The summed E-state index contributed by atoms with van der Waals surface area (Å²) in [6, 6.07) is 1.27. The summed E-state index contributed by atoms with van der Waals surface area (Å²) < 4.78 is 7.53. The number of aromatic nitrogens is 2. The van der Waals surface area contributed by atoms with Crippen molar-refractivity contribution < 1.29 is 19.1 Å². The number of likely N-dealkylation sites (N-methyl/N-ethyl adjacent to an activating group) is 1. The maximum atomic E-state index is 14.3. The van der Waals surface area contributed by atoms with Gasteiger partial charge in [0.05, 0.1) is 12.1 Å². The molecule has 4 heterocycles. The van der Waals surface area contributed by atoms with E-state index in [1.165, 1.54) is 0 Å². The van der Waals surface area contributed by atoms with Crippen LogP contribution in [0.5, 0.6) is 0 Å². The van der Waals surface area contributed by atoms with Gasteiger partial charge in [0.15, 0.2) is 5.69 Å². The van der Waals surface area contributed by atoms with Gasteiger partial charge in [-0.1, -0.05) is 20.8 Å². The molecule has 0 bridgehead atoms. The SMILES string of the molecule is CCN1C(=O)[C@@H](NC(=O)CC(C)(C)C)[C@@H](C2CC2)c2c(C(=O)N3[C@H](C#N)C[C@H]4C[C@H]43)nn(C3CCOCC3)c21. The van der Waals surface area contributed by atoms with Crippen LogP contribution in [0.1, 0.15) is 101 Å². The summed E-state index contributed by atoms with van der Waals surface area (Å²) in [5.41, 5.74) is 0.934. The van der Waals surface area contributed by atoms with Crippen LogP contribution in [0, 0.1) is 28.6 Å². The van der Waals surface area contributed by atoms with Gasteiger partial charge in [-0.2, -0.15) is 10.4 Å². The normalized spacial score (nSPS) is 30.5. The van der Waals surface area contributed by atoms with Crippen molar-refractivity contribution in [2.45, 2.75) is 103 Å². The highest BCUT2D eigenvalue weighted by Crippen LogP contribution is 2.53. The number of hydrogen-bond donors (Lipinski definition) is 1. The van der Waals surface area contributed by atoms with E-state index in [1.54, 1.807) is 9.80 Å². The molecule has 0 unspecified atom stereocenters. The third-order valence-corrected chi connectivity index (χ3v) is 9.08. The monoisotopic (exact) mass is 536 g/mol. The summed E-state index contributed by atoms with van der Waals surface area (Å²) in [4.78, 5) is 45.0. The minimum Gasteiger partial charge on any atom is -0.381 e. The molecule has 0 aromatic carbocycles. The molecule has 39 heavy (non-hydrogen) atoms. The molecule has 2 saturated carbocycles. The maximum Gasteiger partial charge on any atom is 0.276 e. The molecule has 0 spiro atoms. The molecular formula is C29H40N6O4. The van der Waals surface area contributed by atoms with E-state index >= 15 is 0 Å². The van der Waals surface area contributed by atoms with E-state index in [1.807, 2.05) is 32.4 Å². The zero-order valence-corrected chi connectivity index (χ0v) is 23.5. The average Bonchev–Trinajstić information content (AvgIpc) is 3.81. The number of nitrogens with one attached hydrogen (secondary N) is 1. The fraction of sp³-hybridized carbons (Fsp3) is 0.759.